The molecule has 0 saturated carbocycles. The molecule has 0 aliphatic heterocycles. The SMILES string of the molecule is CCC(C)c1ccccc1Oc1ccc(F)cc1C(=N)N. The van der Waals surface area contributed by atoms with Crippen LogP contribution in [0.3, 0.4) is 0 Å². The minimum Gasteiger partial charge on any atom is -0.456 e. The number of halogens is 1. The van der Waals surface area contributed by atoms with Gasteiger partial charge >= 0.3 is 0 Å². The minimum atomic E-state index is -0.442. The van der Waals surface area contributed by atoms with Gasteiger partial charge in [-0.3, -0.25) is 5.41 Å². The zero-order chi connectivity index (χ0) is 15.4. The standard InChI is InChI=1S/C17H19FN2O/c1-3-11(2)13-6-4-5-7-15(13)21-16-9-8-12(18)10-14(16)17(19)20/h4-11H,3H2,1-2H3,(H3,19,20). The first kappa shape index (κ1) is 15.0. The summed E-state index contributed by atoms with van der Waals surface area (Å²) in [5.41, 5.74) is 6.84. The van der Waals surface area contributed by atoms with Gasteiger partial charge < -0.3 is 10.5 Å². The summed E-state index contributed by atoms with van der Waals surface area (Å²) in [6.45, 7) is 4.24. The summed E-state index contributed by atoms with van der Waals surface area (Å²) in [6.07, 6.45) is 0.989. The highest BCUT2D eigenvalue weighted by Gasteiger charge is 2.14. The van der Waals surface area contributed by atoms with Crippen LogP contribution in [0.25, 0.3) is 0 Å². The van der Waals surface area contributed by atoms with Crippen LogP contribution in [-0.4, -0.2) is 5.84 Å². The third-order valence-corrected chi connectivity index (χ3v) is 3.51. The number of hydrogen-bond donors (Lipinski definition) is 2. The van der Waals surface area contributed by atoms with Crippen molar-refractivity contribution >= 4 is 5.84 Å². The third-order valence-electron chi connectivity index (χ3n) is 3.51. The highest BCUT2D eigenvalue weighted by atomic mass is 19.1. The molecule has 0 radical (unpaired) electrons. The second-order valence-corrected chi connectivity index (χ2v) is 5.00. The first-order chi connectivity index (χ1) is 10.0. The van der Waals surface area contributed by atoms with Crippen molar-refractivity contribution in [2.75, 3.05) is 0 Å². The van der Waals surface area contributed by atoms with Gasteiger partial charge in [-0.15, -0.1) is 0 Å². The zero-order valence-corrected chi connectivity index (χ0v) is 12.2. The van der Waals surface area contributed by atoms with Crippen LogP contribution < -0.4 is 10.5 Å². The molecule has 0 aliphatic carbocycles. The van der Waals surface area contributed by atoms with Gasteiger partial charge in [-0.1, -0.05) is 32.0 Å². The van der Waals surface area contributed by atoms with E-state index >= 15 is 0 Å². The van der Waals surface area contributed by atoms with Crippen molar-refractivity contribution in [2.45, 2.75) is 26.2 Å². The van der Waals surface area contributed by atoms with Crippen LogP contribution in [0.15, 0.2) is 42.5 Å². The number of nitrogens with two attached hydrogens (primary N) is 1. The van der Waals surface area contributed by atoms with Gasteiger partial charge in [0, 0.05) is 0 Å². The topological polar surface area (TPSA) is 59.1 Å². The Balaban J connectivity index is 2.41. The molecule has 2 aromatic rings. The molecule has 3 nitrogen and oxygen atoms in total. The monoisotopic (exact) mass is 286 g/mol. The Kier molecular flexibility index (Phi) is 4.58. The predicted molar refractivity (Wildman–Crippen MR) is 82.6 cm³/mol. The van der Waals surface area contributed by atoms with E-state index in [0.717, 1.165) is 12.0 Å². The zero-order valence-electron chi connectivity index (χ0n) is 12.2. The van der Waals surface area contributed by atoms with Gasteiger partial charge in [0.25, 0.3) is 0 Å². The van der Waals surface area contributed by atoms with Crippen LogP contribution in [0, 0.1) is 11.2 Å². The normalized spacial score (nSPS) is 12.0. The van der Waals surface area contributed by atoms with Crippen LogP contribution in [0.5, 0.6) is 11.5 Å². The number of nitrogen functional groups attached to an aromatic ring is 1. The lowest BCUT2D eigenvalue weighted by atomic mass is 9.98. The summed E-state index contributed by atoms with van der Waals surface area (Å²) >= 11 is 0. The molecule has 0 heterocycles. The van der Waals surface area contributed by atoms with Gasteiger partial charge in [0.15, 0.2) is 0 Å². The van der Waals surface area contributed by atoms with E-state index < -0.39 is 5.82 Å². The number of ether oxygens (including phenoxy) is 1. The molecule has 0 amide bonds. The Bertz CT molecular complexity index is 655. The quantitative estimate of drug-likeness (QED) is 0.631. The molecule has 1 atom stereocenters. The molecule has 0 aliphatic rings. The molecular weight excluding hydrogens is 267 g/mol. The number of amidine groups is 1. The highest BCUT2D eigenvalue weighted by molar-refractivity contribution is 5.97. The van der Waals surface area contributed by atoms with Gasteiger partial charge in [0.2, 0.25) is 0 Å². The van der Waals surface area contributed by atoms with E-state index in [0.29, 0.717) is 17.4 Å². The maximum atomic E-state index is 13.3. The average Bonchev–Trinajstić information content (AvgIpc) is 2.48. The van der Waals surface area contributed by atoms with E-state index in [2.05, 4.69) is 13.8 Å². The molecule has 3 N–H and O–H groups in total. The Morgan fingerprint density at radius 2 is 1.95 bits per heavy atom. The van der Waals surface area contributed by atoms with Crippen molar-refractivity contribution in [1.82, 2.24) is 0 Å². The van der Waals surface area contributed by atoms with Crippen molar-refractivity contribution in [3.8, 4) is 11.5 Å². The summed E-state index contributed by atoms with van der Waals surface area (Å²) in [5, 5.41) is 7.54. The Morgan fingerprint density at radius 3 is 2.62 bits per heavy atom. The third kappa shape index (κ3) is 3.40. The van der Waals surface area contributed by atoms with E-state index in [-0.39, 0.29) is 11.4 Å². The molecule has 21 heavy (non-hydrogen) atoms. The van der Waals surface area contributed by atoms with Crippen molar-refractivity contribution < 1.29 is 9.13 Å². The fourth-order valence-corrected chi connectivity index (χ4v) is 2.12. The molecular formula is C17H19FN2O. The van der Waals surface area contributed by atoms with Gasteiger partial charge in [-0.05, 0) is 42.2 Å². The van der Waals surface area contributed by atoms with Gasteiger partial charge in [-0.25, -0.2) is 4.39 Å². The largest absolute Gasteiger partial charge is 0.456 e. The first-order valence-corrected chi connectivity index (χ1v) is 6.93. The van der Waals surface area contributed by atoms with E-state index in [1.165, 1.54) is 18.2 Å². The fourth-order valence-electron chi connectivity index (χ4n) is 2.12. The second-order valence-electron chi connectivity index (χ2n) is 5.00. The van der Waals surface area contributed by atoms with Crippen LogP contribution in [0.2, 0.25) is 0 Å². The van der Waals surface area contributed by atoms with Crippen LogP contribution in [0.4, 0.5) is 4.39 Å². The molecule has 4 heteroatoms. The molecule has 110 valence electrons. The number of rotatable bonds is 5. The van der Waals surface area contributed by atoms with Crippen molar-refractivity contribution in [1.29, 1.82) is 5.41 Å². The molecule has 0 bridgehead atoms. The van der Waals surface area contributed by atoms with Crippen molar-refractivity contribution in [3.05, 3.63) is 59.4 Å². The molecule has 2 aromatic carbocycles. The minimum absolute atomic E-state index is 0.217. The van der Waals surface area contributed by atoms with E-state index in [9.17, 15) is 4.39 Å². The number of benzene rings is 2. The number of nitrogens with one attached hydrogen (secondary N) is 1. The predicted octanol–water partition coefficient (Wildman–Crippen LogP) is 4.42. The van der Waals surface area contributed by atoms with Gasteiger partial charge in [0.05, 0.1) is 5.56 Å². The second kappa shape index (κ2) is 6.39. The lowest BCUT2D eigenvalue weighted by molar-refractivity contribution is 0.467. The Morgan fingerprint density at radius 1 is 1.24 bits per heavy atom. The Hall–Kier alpha value is -2.36. The van der Waals surface area contributed by atoms with Crippen molar-refractivity contribution in [2.24, 2.45) is 5.73 Å². The molecule has 0 fully saturated rings. The van der Waals surface area contributed by atoms with E-state index in [1.54, 1.807) is 0 Å². The van der Waals surface area contributed by atoms with Crippen molar-refractivity contribution in [3.63, 3.8) is 0 Å². The summed E-state index contributed by atoms with van der Waals surface area (Å²) in [7, 11) is 0. The van der Waals surface area contributed by atoms with Crippen LogP contribution in [0.1, 0.15) is 37.3 Å². The first-order valence-electron chi connectivity index (χ1n) is 6.93. The fraction of sp³-hybridized carbons (Fsp3) is 0.235. The molecule has 0 saturated heterocycles. The van der Waals surface area contributed by atoms with Crippen LogP contribution >= 0.6 is 0 Å². The van der Waals surface area contributed by atoms with E-state index in [1.807, 2.05) is 24.3 Å². The summed E-state index contributed by atoms with van der Waals surface area (Å²) < 4.78 is 19.2. The van der Waals surface area contributed by atoms with E-state index in [4.69, 9.17) is 15.9 Å². The number of hydrogen-bond acceptors (Lipinski definition) is 2. The summed E-state index contributed by atoms with van der Waals surface area (Å²) in [4.78, 5) is 0. The molecule has 0 aromatic heterocycles. The van der Waals surface area contributed by atoms with Crippen LogP contribution in [-0.2, 0) is 0 Å². The maximum absolute atomic E-state index is 13.3. The molecule has 1 unspecified atom stereocenters. The number of para-hydroxylation sites is 1. The summed E-state index contributed by atoms with van der Waals surface area (Å²) in [5.74, 6) is 0.788. The summed E-state index contributed by atoms with van der Waals surface area (Å²) in [6, 6.07) is 11.7. The molecule has 0 spiro atoms. The van der Waals surface area contributed by atoms with Gasteiger partial charge in [0.1, 0.15) is 23.2 Å². The average molecular weight is 286 g/mol. The maximum Gasteiger partial charge on any atom is 0.138 e. The smallest absolute Gasteiger partial charge is 0.138 e. The van der Waals surface area contributed by atoms with Gasteiger partial charge in [-0.2, -0.15) is 0 Å². The lowest BCUT2D eigenvalue weighted by Gasteiger charge is -2.17. The molecule has 2 rings (SSSR count). The lowest BCUT2D eigenvalue weighted by Crippen LogP contribution is -2.13. The Labute approximate surface area is 124 Å². The highest BCUT2D eigenvalue weighted by Crippen LogP contribution is 2.33.